The number of allylic oxidation sites excluding steroid dienone is 2. The van der Waals surface area contributed by atoms with E-state index in [0.29, 0.717) is 19.4 Å². The predicted molar refractivity (Wildman–Crippen MR) is 70.1 cm³/mol. The van der Waals surface area contributed by atoms with E-state index < -0.39 is 17.8 Å². The Bertz CT molecular complexity index is 341. The molecule has 1 aliphatic rings. The lowest BCUT2D eigenvalue weighted by Gasteiger charge is -2.25. The van der Waals surface area contributed by atoms with E-state index in [9.17, 15) is 9.59 Å². The predicted octanol–water partition coefficient (Wildman–Crippen LogP) is 2.21. The van der Waals surface area contributed by atoms with Gasteiger partial charge in [-0.3, -0.25) is 9.59 Å². The van der Waals surface area contributed by atoms with Crippen LogP contribution in [0.4, 0.5) is 0 Å². The molecule has 0 aromatic rings. The highest BCUT2D eigenvalue weighted by Gasteiger charge is 2.33. The summed E-state index contributed by atoms with van der Waals surface area (Å²) >= 11 is 0. The molecule has 4 nitrogen and oxygen atoms in total. The first-order chi connectivity index (χ1) is 8.31. The van der Waals surface area contributed by atoms with Crippen molar-refractivity contribution >= 4 is 11.9 Å². The molecule has 102 valence electrons. The van der Waals surface area contributed by atoms with Gasteiger partial charge in [0.15, 0.2) is 0 Å². The Kier molecular flexibility index (Phi) is 4.93. The van der Waals surface area contributed by atoms with Crippen LogP contribution in [0.25, 0.3) is 0 Å². The molecule has 0 aromatic heterocycles. The van der Waals surface area contributed by atoms with Crippen LogP contribution in [0.5, 0.6) is 0 Å². The molecule has 0 aliphatic heterocycles. The Labute approximate surface area is 108 Å². The van der Waals surface area contributed by atoms with Crippen LogP contribution in [0, 0.1) is 17.3 Å². The van der Waals surface area contributed by atoms with Crippen LogP contribution in [-0.2, 0) is 9.59 Å². The van der Waals surface area contributed by atoms with Gasteiger partial charge in [0, 0.05) is 6.54 Å². The van der Waals surface area contributed by atoms with Crippen LogP contribution in [-0.4, -0.2) is 23.5 Å². The van der Waals surface area contributed by atoms with Gasteiger partial charge in [0.1, 0.15) is 0 Å². The first-order valence-electron chi connectivity index (χ1n) is 6.47. The summed E-state index contributed by atoms with van der Waals surface area (Å²) in [5, 5.41) is 12.0. The summed E-state index contributed by atoms with van der Waals surface area (Å²) in [4.78, 5) is 23.1. The van der Waals surface area contributed by atoms with Crippen LogP contribution in [0.15, 0.2) is 12.2 Å². The van der Waals surface area contributed by atoms with Crippen molar-refractivity contribution in [3.8, 4) is 0 Å². The van der Waals surface area contributed by atoms with Gasteiger partial charge in [-0.05, 0) is 24.7 Å². The molecule has 0 fully saturated rings. The van der Waals surface area contributed by atoms with Crippen molar-refractivity contribution in [1.82, 2.24) is 5.32 Å². The number of aliphatic carboxylic acids is 1. The van der Waals surface area contributed by atoms with E-state index in [0.717, 1.165) is 6.42 Å². The molecular formula is C14H23NO3. The highest BCUT2D eigenvalue weighted by Crippen LogP contribution is 2.26. The maximum atomic E-state index is 12.0. The smallest absolute Gasteiger partial charge is 0.307 e. The van der Waals surface area contributed by atoms with Crippen molar-refractivity contribution in [3.63, 3.8) is 0 Å². The molecular weight excluding hydrogens is 230 g/mol. The summed E-state index contributed by atoms with van der Waals surface area (Å²) in [5.41, 5.74) is 0.173. The van der Waals surface area contributed by atoms with Crippen LogP contribution >= 0.6 is 0 Å². The maximum absolute atomic E-state index is 12.0. The summed E-state index contributed by atoms with van der Waals surface area (Å²) in [5.74, 6) is -2.01. The second-order valence-electron chi connectivity index (χ2n) is 6.10. The standard InChI is InChI=1S/C14H23NO3/c1-14(2,3)8-9-15-12(16)10-6-4-5-7-11(10)13(17)18/h4-5,10-11H,6-9H2,1-3H3,(H,15,16)(H,17,18)/t10-,11+/m1/s1. The maximum Gasteiger partial charge on any atom is 0.307 e. The molecule has 0 heterocycles. The van der Waals surface area contributed by atoms with Gasteiger partial charge >= 0.3 is 5.97 Å². The molecule has 0 unspecified atom stereocenters. The Balaban J connectivity index is 2.49. The van der Waals surface area contributed by atoms with Gasteiger partial charge in [-0.1, -0.05) is 32.9 Å². The zero-order valence-electron chi connectivity index (χ0n) is 11.4. The largest absolute Gasteiger partial charge is 0.481 e. The first-order valence-corrected chi connectivity index (χ1v) is 6.47. The third kappa shape index (κ3) is 4.51. The molecule has 1 aliphatic carbocycles. The summed E-state index contributed by atoms with van der Waals surface area (Å²) in [6.07, 6.45) is 5.61. The molecule has 0 spiro atoms. The highest BCUT2D eigenvalue weighted by atomic mass is 16.4. The van der Waals surface area contributed by atoms with Crippen molar-refractivity contribution in [1.29, 1.82) is 0 Å². The van der Waals surface area contributed by atoms with Gasteiger partial charge in [-0.2, -0.15) is 0 Å². The molecule has 2 atom stereocenters. The van der Waals surface area contributed by atoms with E-state index in [1.54, 1.807) is 0 Å². The van der Waals surface area contributed by atoms with Gasteiger partial charge in [0.25, 0.3) is 0 Å². The van der Waals surface area contributed by atoms with E-state index in [-0.39, 0.29) is 11.3 Å². The van der Waals surface area contributed by atoms with Crippen molar-refractivity contribution in [2.75, 3.05) is 6.54 Å². The topological polar surface area (TPSA) is 66.4 Å². The number of hydrogen-bond donors (Lipinski definition) is 2. The minimum Gasteiger partial charge on any atom is -0.481 e. The molecule has 2 N–H and O–H groups in total. The Morgan fingerprint density at radius 3 is 2.28 bits per heavy atom. The fourth-order valence-corrected chi connectivity index (χ4v) is 2.07. The van der Waals surface area contributed by atoms with Crippen molar-refractivity contribution < 1.29 is 14.7 Å². The van der Waals surface area contributed by atoms with Gasteiger partial charge < -0.3 is 10.4 Å². The average Bonchev–Trinajstić information content (AvgIpc) is 2.27. The number of nitrogens with one attached hydrogen (secondary N) is 1. The number of hydrogen-bond acceptors (Lipinski definition) is 2. The Hall–Kier alpha value is -1.32. The van der Waals surface area contributed by atoms with Crippen molar-refractivity contribution in [2.45, 2.75) is 40.0 Å². The quantitative estimate of drug-likeness (QED) is 0.755. The van der Waals surface area contributed by atoms with E-state index in [1.807, 2.05) is 12.2 Å². The average molecular weight is 253 g/mol. The fraction of sp³-hybridized carbons (Fsp3) is 0.714. The monoisotopic (exact) mass is 253 g/mol. The molecule has 18 heavy (non-hydrogen) atoms. The van der Waals surface area contributed by atoms with Crippen LogP contribution in [0.1, 0.15) is 40.0 Å². The molecule has 0 radical (unpaired) electrons. The summed E-state index contributed by atoms with van der Waals surface area (Å²) < 4.78 is 0. The third-order valence-corrected chi connectivity index (χ3v) is 3.26. The van der Waals surface area contributed by atoms with Gasteiger partial charge in [0.2, 0.25) is 5.91 Å². The van der Waals surface area contributed by atoms with Crippen molar-refractivity contribution in [3.05, 3.63) is 12.2 Å². The summed E-state index contributed by atoms with van der Waals surface area (Å²) in [7, 11) is 0. The molecule has 0 aromatic carbocycles. The first kappa shape index (κ1) is 14.7. The second kappa shape index (κ2) is 6.03. The third-order valence-electron chi connectivity index (χ3n) is 3.26. The molecule has 0 bridgehead atoms. The lowest BCUT2D eigenvalue weighted by Crippen LogP contribution is -2.39. The zero-order chi connectivity index (χ0) is 13.8. The molecule has 1 amide bonds. The molecule has 4 heteroatoms. The summed E-state index contributed by atoms with van der Waals surface area (Å²) in [6, 6.07) is 0. The van der Waals surface area contributed by atoms with Crippen molar-refractivity contribution in [2.24, 2.45) is 17.3 Å². The number of rotatable bonds is 4. The van der Waals surface area contributed by atoms with E-state index in [1.165, 1.54) is 0 Å². The van der Waals surface area contributed by atoms with Crippen LogP contribution < -0.4 is 5.32 Å². The number of amides is 1. The van der Waals surface area contributed by atoms with Crippen LogP contribution in [0.3, 0.4) is 0 Å². The Morgan fingerprint density at radius 2 is 1.78 bits per heavy atom. The normalized spacial score (nSPS) is 23.7. The molecule has 0 saturated heterocycles. The van der Waals surface area contributed by atoms with Gasteiger partial charge in [0.05, 0.1) is 11.8 Å². The lowest BCUT2D eigenvalue weighted by atomic mass is 9.82. The van der Waals surface area contributed by atoms with E-state index >= 15 is 0 Å². The number of carbonyl (C=O) groups is 2. The van der Waals surface area contributed by atoms with E-state index in [4.69, 9.17) is 5.11 Å². The van der Waals surface area contributed by atoms with Gasteiger partial charge in [-0.25, -0.2) is 0 Å². The number of carbonyl (C=O) groups excluding carboxylic acids is 1. The Morgan fingerprint density at radius 1 is 1.22 bits per heavy atom. The van der Waals surface area contributed by atoms with Gasteiger partial charge in [-0.15, -0.1) is 0 Å². The number of carboxylic acid groups (broad SMARTS) is 1. The zero-order valence-corrected chi connectivity index (χ0v) is 11.4. The highest BCUT2D eigenvalue weighted by molar-refractivity contribution is 5.85. The minimum absolute atomic E-state index is 0.129. The van der Waals surface area contributed by atoms with E-state index in [2.05, 4.69) is 26.1 Å². The summed E-state index contributed by atoms with van der Waals surface area (Å²) in [6.45, 7) is 6.95. The van der Waals surface area contributed by atoms with Crippen LogP contribution in [0.2, 0.25) is 0 Å². The molecule has 0 saturated carbocycles. The second-order valence-corrected chi connectivity index (χ2v) is 6.10. The molecule has 1 rings (SSSR count). The fourth-order valence-electron chi connectivity index (χ4n) is 2.07. The lowest BCUT2D eigenvalue weighted by molar-refractivity contribution is -0.147. The number of carboxylic acids is 1. The minimum atomic E-state index is -0.879. The SMILES string of the molecule is CC(C)(C)CCNC(=O)[C@@H]1CC=CC[C@@H]1C(=O)O.